The number of hydrogen-bond donors (Lipinski definition) is 1. The summed E-state index contributed by atoms with van der Waals surface area (Å²) in [5, 5.41) is 9.01. The van der Waals surface area contributed by atoms with E-state index in [0.29, 0.717) is 55.9 Å². The van der Waals surface area contributed by atoms with Crippen LogP contribution in [0.5, 0.6) is 0 Å². The van der Waals surface area contributed by atoms with Gasteiger partial charge in [0.1, 0.15) is 19.2 Å². The minimum absolute atomic E-state index is 0.0391. The number of hydrogen-bond acceptors (Lipinski definition) is 5. The third-order valence-electron chi connectivity index (χ3n) is 8.07. The molecular weight excluding hydrogens is 380 g/mol. The first kappa shape index (κ1) is 21.8. The van der Waals surface area contributed by atoms with Crippen molar-refractivity contribution < 1.29 is 24.1 Å². The molecule has 1 N–H and O–H groups in total. The zero-order chi connectivity index (χ0) is 21.1. The lowest BCUT2D eigenvalue weighted by Crippen LogP contribution is -2.50. The Morgan fingerprint density at radius 2 is 2.17 bits per heavy atom. The minimum Gasteiger partial charge on any atom is -0.496 e. The van der Waals surface area contributed by atoms with Crippen LogP contribution in [0.3, 0.4) is 0 Å². The van der Waals surface area contributed by atoms with Crippen LogP contribution in [0, 0.1) is 35.0 Å². The SMILES string of the molecule is COCOCC=C[C@@H]1CC[C@H]2[C@@H]3CC=C4C=C(OCCO)CC[C@@H]4[C@H]3C(=O)C[C@]12C. The van der Waals surface area contributed by atoms with Crippen molar-refractivity contribution in [3.05, 3.63) is 35.6 Å². The normalized spacial score (nSPS) is 38.0. The van der Waals surface area contributed by atoms with E-state index in [2.05, 4.69) is 31.2 Å². The van der Waals surface area contributed by atoms with Crippen LogP contribution in [0.2, 0.25) is 0 Å². The predicted molar refractivity (Wildman–Crippen MR) is 114 cm³/mol. The van der Waals surface area contributed by atoms with Crippen LogP contribution in [-0.2, 0) is 19.0 Å². The maximum atomic E-state index is 13.5. The molecule has 0 bridgehead atoms. The third-order valence-corrected chi connectivity index (χ3v) is 8.07. The molecule has 5 heteroatoms. The number of carbonyl (C=O) groups is 1. The topological polar surface area (TPSA) is 65.0 Å². The molecular formula is C25H36O5. The largest absolute Gasteiger partial charge is 0.496 e. The van der Waals surface area contributed by atoms with Crippen molar-refractivity contribution >= 4 is 5.78 Å². The lowest BCUT2D eigenvalue weighted by Gasteiger charge is -2.51. The van der Waals surface area contributed by atoms with Gasteiger partial charge in [0.15, 0.2) is 0 Å². The lowest BCUT2D eigenvalue weighted by atomic mass is 9.52. The second-order valence-electron chi connectivity index (χ2n) is 9.60. The molecule has 0 amide bonds. The first-order valence-electron chi connectivity index (χ1n) is 11.5. The molecule has 166 valence electrons. The number of rotatable bonds is 8. The Balaban J connectivity index is 1.49. The summed E-state index contributed by atoms with van der Waals surface area (Å²) in [6.45, 7) is 3.61. The van der Waals surface area contributed by atoms with Crippen molar-refractivity contribution in [1.82, 2.24) is 0 Å². The predicted octanol–water partition coefficient (Wildman–Crippen LogP) is 4.03. The Morgan fingerprint density at radius 3 is 2.97 bits per heavy atom. The van der Waals surface area contributed by atoms with Crippen molar-refractivity contribution in [3.63, 3.8) is 0 Å². The number of carbonyl (C=O) groups excluding carboxylic acids is 1. The summed E-state index contributed by atoms with van der Waals surface area (Å²) >= 11 is 0. The average molecular weight is 417 g/mol. The molecule has 0 heterocycles. The fourth-order valence-corrected chi connectivity index (χ4v) is 6.80. The van der Waals surface area contributed by atoms with E-state index in [0.717, 1.165) is 25.0 Å². The smallest absolute Gasteiger partial charge is 0.146 e. The highest BCUT2D eigenvalue weighted by Gasteiger charge is 2.58. The molecule has 5 nitrogen and oxygen atoms in total. The van der Waals surface area contributed by atoms with E-state index in [-0.39, 0.29) is 17.9 Å². The number of aliphatic hydroxyl groups is 1. The van der Waals surface area contributed by atoms with Gasteiger partial charge in [-0.2, -0.15) is 0 Å². The zero-order valence-electron chi connectivity index (χ0n) is 18.3. The molecule has 2 fully saturated rings. The lowest BCUT2D eigenvalue weighted by molar-refractivity contribution is -0.138. The van der Waals surface area contributed by atoms with Gasteiger partial charge in [0.2, 0.25) is 0 Å². The summed E-state index contributed by atoms with van der Waals surface area (Å²) in [5.41, 5.74) is 1.36. The third kappa shape index (κ3) is 4.04. The molecule has 4 aliphatic carbocycles. The molecule has 0 aromatic rings. The zero-order valence-corrected chi connectivity index (χ0v) is 18.3. The Bertz CT molecular complexity index is 723. The number of ketones is 1. The van der Waals surface area contributed by atoms with Gasteiger partial charge in [-0.05, 0) is 66.4 Å². The Kier molecular flexibility index (Phi) is 6.81. The van der Waals surface area contributed by atoms with Gasteiger partial charge in [-0.25, -0.2) is 0 Å². The van der Waals surface area contributed by atoms with Gasteiger partial charge >= 0.3 is 0 Å². The van der Waals surface area contributed by atoms with E-state index in [4.69, 9.17) is 19.3 Å². The Morgan fingerprint density at radius 1 is 1.30 bits per heavy atom. The molecule has 0 aliphatic heterocycles. The fourth-order valence-electron chi connectivity index (χ4n) is 6.80. The van der Waals surface area contributed by atoms with E-state index < -0.39 is 0 Å². The summed E-state index contributed by atoms with van der Waals surface area (Å²) in [6, 6.07) is 0. The first-order valence-corrected chi connectivity index (χ1v) is 11.5. The molecule has 0 aromatic carbocycles. The Hall–Kier alpha value is -1.43. The van der Waals surface area contributed by atoms with Gasteiger partial charge in [-0.3, -0.25) is 4.79 Å². The molecule has 0 saturated heterocycles. The van der Waals surface area contributed by atoms with Gasteiger partial charge in [-0.1, -0.05) is 25.2 Å². The highest BCUT2D eigenvalue weighted by Crippen LogP contribution is 2.62. The number of Topliss-reactive ketones (excluding diaryl/α,β-unsaturated/α-hetero) is 1. The molecule has 4 rings (SSSR count). The number of methoxy groups -OCH3 is 1. The molecule has 0 unspecified atom stereocenters. The second kappa shape index (κ2) is 9.37. The van der Waals surface area contributed by atoms with E-state index in [1.54, 1.807) is 7.11 Å². The highest BCUT2D eigenvalue weighted by atomic mass is 16.7. The molecule has 0 aromatic heterocycles. The number of allylic oxidation sites excluding steroid dienone is 5. The highest BCUT2D eigenvalue weighted by molar-refractivity contribution is 5.84. The molecule has 6 atom stereocenters. The first-order chi connectivity index (χ1) is 14.6. The van der Waals surface area contributed by atoms with Crippen molar-refractivity contribution in [3.8, 4) is 0 Å². The standard InChI is InChI=1S/C25H36O5/c1-25-15-23(27)24-20-9-7-19(30-13-11-26)14-17(20)5-8-21(24)22(25)10-6-18(25)4-3-12-29-16-28-2/h3-5,14,18,20-22,24,26H,6-13,15-16H2,1-2H3/t18-,20+,21+,22+,24-,25-/m1/s1. The van der Waals surface area contributed by atoms with Gasteiger partial charge in [0, 0.05) is 25.9 Å². The number of ether oxygens (including phenoxy) is 3. The number of fused-ring (bicyclic) bond motifs is 5. The monoisotopic (exact) mass is 416 g/mol. The van der Waals surface area contributed by atoms with E-state index in [1.807, 2.05) is 0 Å². The molecule has 4 aliphatic rings. The van der Waals surface area contributed by atoms with Gasteiger partial charge in [-0.15, -0.1) is 0 Å². The minimum atomic E-state index is 0.0391. The van der Waals surface area contributed by atoms with Crippen molar-refractivity contribution in [1.29, 1.82) is 0 Å². The molecule has 0 radical (unpaired) electrons. The van der Waals surface area contributed by atoms with E-state index in [1.165, 1.54) is 18.4 Å². The molecule has 2 saturated carbocycles. The van der Waals surface area contributed by atoms with Gasteiger partial charge < -0.3 is 19.3 Å². The van der Waals surface area contributed by atoms with Crippen LogP contribution in [0.1, 0.15) is 45.4 Å². The summed E-state index contributed by atoms with van der Waals surface area (Å²) in [6.07, 6.45) is 14.8. The maximum absolute atomic E-state index is 13.5. The number of aliphatic hydroxyl groups excluding tert-OH is 1. The summed E-state index contributed by atoms with van der Waals surface area (Å²) in [4.78, 5) is 13.5. The van der Waals surface area contributed by atoms with Crippen LogP contribution in [0.4, 0.5) is 0 Å². The second-order valence-corrected chi connectivity index (χ2v) is 9.60. The van der Waals surface area contributed by atoms with E-state index >= 15 is 0 Å². The quantitative estimate of drug-likeness (QED) is 0.368. The summed E-state index contributed by atoms with van der Waals surface area (Å²) in [5.74, 6) is 3.49. The van der Waals surface area contributed by atoms with Crippen LogP contribution in [-0.4, -0.2) is 44.6 Å². The van der Waals surface area contributed by atoms with Gasteiger partial charge in [0.25, 0.3) is 0 Å². The van der Waals surface area contributed by atoms with E-state index in [9.17, 15) is 4.79 Å². The van der Waals surface area contributed by atoms with Gasteiger partial charge in [0.05, 0.1) is 19.0 Å². The van der Waals surface area contributed by atoms with Crippen LogP contribution >= 0.6 is 0 Å². The van der Waals surface area contributed by atoms with Crippen molar-refractivity contribution in [2.75, 3.05) is 33.7 Å². The fraction of sp³-hybridized carbons (Fsp3) is 0.720. The maximum Gasteiger partial charge on any atom is 0.146 e. The molecule has 30 heavy (non-hydrogen) atoms. The van der Waals surface area contributed by atoms with Crippen LogP contribution < -0.4 is 0 Å². The van der Waals surface area contributed by atoms with Crippen molar-refractivity contribution in [2.24, 2.45) is 35.0 Å². The average Bonchev–Trinajstić information content (AvgIpc) is 3.07. The Labute approximate surface area is 180 Å². The van der Waals surface area contributed by atoms with Crippen LogP contribution in [0.15, 0.2) is 35.6 Å². The summed E-state index contributed by atoms with van der Waals surface area (Å²) in [7, 11) is 1.63. The molecule has 0 spiro atoms. The van der Waals surface area contributed by atoms with Crippen LogP contribution in [0.25, 0.3) is 0 Å². The van der Waals surface area contributed by atoms with Crippen molar-refractivity contribution in [2.45, 2.75) is 45.4 Å². The summed E-state index contributed by atoms with van der Waals surface area (Å²) < 4.78 is 16.0.